The predicted molar refractivity (Wildman–Crippen MR) is 148 cm³/mol. The molecule has 1 saturated heterocycles. The van der Waals surface area contributed by atoms with Gasteiger partial charge in [0.15, 0.2) is 5.79 Å². The Hall–Kier alpha value is -3.46. The van der Waals surface area contributed by atoms with Gasteiger partial charge in [-0.1, -0.05) is 66.7 Å². The first-order chi connectivity index (χ1) is 19.0. The average Bonchev–Trinajstić information content (AvgIpc) is 3.32. The second kappa shape index (κ2) is 12.2. The third kappa shape index (κ3) is 6.08. The molecule has 7 nitrogen and oxygen atoms in total. The van der Waals surface area contributed by atoms with Crippen LogP contribution in [0.5, 0.6) is 11.5 Å². The Morgan fingerprint density at radius 2 is 1.44 bits per heavy atom. The van der Waals surface area contributed by atoms with Crippen LogP contribution in [0.15, 0.2) is 91.0 Å². The van der Waals surface area contributed by atoms with Crippen LogP contribution >= 0.6 is 0 Å². The minimum atomic E-state index is -1.66. The molecule has 5 rings (SSSR count). The van der Waals surface area contributed by atoms with Crippen molar-refractivity contribution in [1.29, 1.82) is 0 Å². The molecule has 0 spiro atoms. The van der Waals surface area contributed by atoms with Crippen molar-refractivity contribution in [2.75, 3.05) is 27.4 Å². The van der Waals surface area contributed by atoms with E-state index in [0.29, 0.717) is 6.61 Å². The van der Waals surface area contributed by atoms with Crippen molar-refractivity contribution < 1.29 is 33.9 Å². The number of aliphatic hydroxyl groups excluding tert-OH is 1. The Bertz CT molecular complexity index is 1350. The van der Waals surface area contributed by atoms with Crippen LogP contribution in [0.1, 0.15) is 22.8 Å². The second-order valence-electron chi connectivity index (χ2n) is 9.74. The van der Waals surface area contributed by atoms with E-state index in [1.807, 2.05) is 91.0 Å². The smallest absolute Gasteiger partial charge is 0.197 e. The lowest BCUT2D eigenvalue weighted by Gasteiger charge is -2.32. The van der Waals surface area contributed by atoms with E-state index in [0.717, 1.165) is 39.0 Å². The van der Waals surface area contributed by atoms with E-state index in [4.69, 9.17) is 23.7 Å². The van der Waals surface area contributed by atoms with E-state index in [2.05, 4.69) is 0 Å². The largest absolute Gasteiger partial charge is 0.497 e. The molecular formula is C32H34O7. The van der Waals surface area contributed by atoms with Gasteiger partial charge in [0.25, 0.3) is 0 Å². The number of hydrogen-bond donors (Lipinski definition) is 2. The Morgan fingerprint density at radius 3 is 2.10 bits per heavy atom. The Kier molecular flexibility index (Phi) is 8.45. The van der Waals surface area contributed by atoms with Crippen LogP contribution < -0.4 is 9.47 Å². The molecule has 4 aromatic rings. The molecule has 0 unspecified atom stereocenters. The average molecular weight is 531 g/mol. The van der Waals surface area contributed by atoms with Gasteiger partial charge in [-0.25, -0.2) is 0 Å². The molecule has 7 heteroatoms. The van der Waals surface area contributed by atoms with Gasteiger partial charge in [-0.15, -0.1) is 0 Å². The molecule has 1 aliphatic heterocycles. The third-order valence-corrected chi connectivity index (χ3v) is 7.28. The van der Waals surface area contributed by atoms with Gasteiger partial charge in [0.1, 0.15) is 24.2 Å². The summed E-state index contributed by atoms with van der Waals surface area (Å²) in [6, 6.07) is 28.8. The number of methoxy groups -OCH3 is 2. The van der Waals surface area contributed by atoms with E-state index >= 15 is 0 Å². The fourth-order valence-electron chi connectivity index (χ4n) is 5.02. The molecule has 4 aromatic carbocycles. The number of hydrogen-bond acceptors (Lipinski definition) is 7. The first-order valence-corrected chi connectivity index (χ1v) is 13.0. The quantitative estimate of drug-likeness (QED) is 0.263. The van der Waals surface area contributed by atoms with Gasteiger partial charge in [-0.3, -0.25) is 0 Å². The van der Waals surface area contributed by atoms with Crippen molar-refractivity contribution in [1.82, 2.24) is 0 Å². The van der Waals surface area contributed by atoms with Gasteiger partial charge >= 0.3 is 0 Å². The fraction of sp³-hybridized carbons (Fsp3) is 0.312. The molecule has 0 aromatic heterocycles. The molecule has 0 aliphatic carbocycles. The summed E-state index contributed by atoms with van der Waals surface area (Å²) in [5.74, 6) is -0.800. The van der Waals surface area contributed by atoms with Gasteiger partial charge in [-0.2, -0.15) is 0 Å². The number of benzene rings is 4. The maximum absolute atomic E-state index is 11.7. The summed E-state index contributed by atoms with van der Waals surface area (Å²) in [4.78, 5) is 0. The zero-order valence-electron chi connectivity index (χ0n) is 22.2. The molecule has 2 N–H and O–H groups in total. The van der Waals surface area contributed by atoms with Crippen LogP contribution in [0.25, 0.3) is 10.8 Å². The first kappa shape index (κ1) is 27.1. The first-order valence-electron chi connectivity index (χ1n) is 13.0. The number of rotatable bonds is 11. The number of fused-ring (bicyclic) bond motifs is 1. The fourth-order valence-corrected chi connectivity index (χ4v) is 5.02. The lowest BCUT2D eigenvalue weighted by molar-refractivity contribution is -0.238. The maximum atomic E-state index is 11.7. The van der Waals surface area contributed by atoms with Crippen molar-refractivity contribution in [3.05, 3.63) is 108 Å². The number of ether oxygens (including phenoxy) is 5. The lowest BCUT2D eigenvalue weighted by atomic mass is 9.88. The normalized spacial score (nSPS) is 21.6. The zero-order valence-corrected chi connectivity index (χ0v) is 22.2. The topological polar surface area (TPSA) is 86.6 Å². The molecule has 0 amide bonds. The Labute approximate surface area is 228 Å². The monoisotopic (exact) mass is 530 g/mol. The van der Waals surface area contributed by atoms with Crippen LogP contribution in [0, 0.1) is 5.92 Å². The van der Waals surface area contributed by atoms with Gasteiger partial charge < -0.3 is 33.9 Å². The molecule has 1 aliphatic rings. The van der Waals surface area contributed by atoms with Crippen LogP contribution in [-0.2, 0) is 27.4 Å². The maximum Gasteiger partial charge on any atom is 0.197 e. The van der Waals surface area contributed by atoms with Crippen molar-refractivity contribution in [3.63, 3.8) is 0 Å². The summed E-state index contributed by atoms with van der Waals surface area (Å²) in [6.45, 7) is 0.520. The summed E-state index contributed by atoms with van der Waals surface area (Å²) in [7, 11) is 3.24. The molecule has 4 atom stereocenters. The van der Waals surface area contributed by atoms with Crippen molar-refractivity contribution >= 4 is 10.8 Å². The summed E-state index contributed by atoms with van der Waals surface area (Å²) < 4.78 is 28.7. The molecule has 0 saturated carbocycles. The number of aliphatic hydroxyl groups is 2. The van der Waals surface area contributed by atoms with Gasteiger partial charge in [0, 0.05) is 0 Å². The predicted octanol–water partition coefficient (Wildman–Crippen LogP) is 5.03. The van der Waals surface area contributed by atoms with E-state index in [1.54, 1.807) is 14.2 Å². The van der Waals surface area contributed by atoms with Crippen molar-refractivity contribution in [2.45, 2.75) is 31.2 Å². The second-order valence-corrected chi connectivity index (χ2v) is 9.74. The minimum Gasteiger partial charge on any atom is -0.497 e. The van der Waals surface area contributed by atoms with Crippen LogP contribution in [-0.4, -0.2) is 49.5 Å². The molecule has 1 heterocycles. The van der Waals surface area contributed by atoms with Crippen LogP contribution in [0.3, 0.4) is 0 Å². The molecular weight excluding hydrogens is 496 g/mol. The highest BCUT2D eigenvalue weighted by Crippen LogP contribution is 2.41. The SMILES string of the molecule is COc1ccc(COC[C@@H]2[C@@H]([C@H](O)c3cccc4ccccc34)OC[C@@]2(O)OCc2ccc(OC)cc2)cc1. The van der Waals surface area contributed by atoms with Gasteiger partial charge in [0.05, 0.1) is 46.1 Å². The molecule has 1 fully saturated rings. The van der Waals surface area contributed by atoms with Crippen molar-refractivity contribution in [3.8, 4) is 11.5 Å². The highest BCUT2D eigenvalue weighted by atomic mass is 16.7. The lowest BCUT2D eigenvalue weighted by Crippen LogP contribution is -2.45. The van der Waals surface area contributed by atoms with Crippen LogP contribution in [0.2, 0.25) is 0 Å². The third-order valence-electron chi connectivity index (χ3n) is 7.28. The molecule has 0 bridgehead atoms. The molecule has 39 heavy (non-hydrogen) atoms. The summed E-state index contributed by atoms with van der Waals surface area (Å²) in [6.07, 6.45) is -1.74. The van der Waals surface area contributed by atoms with E-state index in [1.165, 1.54) is 0 Å². The van der Waals surface area contributed by atoms with E-state index in [9.17, 15) is 10.2 Å². The van der Waals surface area contributed by atoms with Gasteiger partial charge in [-0.05, 0) is 51.7 Å². The van der Waals surface area contributed by atoms with Crippen LogP contribution in [0.4, 0.5) is 0 Å². The van der Waals surface area contributed by atoms with Crippen molar-refractivity contribution in [2.24, 2.45) is 5.92 Å². The molecule has 204 valence electrons. The highest BCUT2D eigenvalue weighted by Gasteiger charge is 2.52. The summed E-state index contributed by atoms with van der Waals surface area (Å²) >= 11 is 0. The van der Waals surface area contributed by atoms with Gasteiger partial charge in [0.2, 0.25) is 0 Å². The van der Waals surface area contributed by atoms with E-state index in [-0.39, 0.29) is 19.8 Å². The van der Waals surface area contributed by atoms with E-state index < -0.39 is 23.9 Å². The standard InChI is InChI=1S/C32H34O7/c1-35-25-14-10-22(11-15-25)18-37-20-29-31(30(33)28-9-5-7-24-6-3-4-8-27(24)28)38-21-32(29,34)39-19-23-12-16-26(36-2)17-13-23/h3-17,29-31,33-34H,18-21H2,1-2H3/t29-,30-,31+,32-/m1/s1. The summed E-state index contributed by atoms with van der Waals surface area (Å²) in [5.41, 5.74) is 2.57. The zero-order chi connectivity index (χ0) is 27.2. The summed E-state index contributed by atoms with van der Waals surface area (Å²) in [5, 5.41) is 25.2. The highest BCUT2D eigenvalue weighted by molar-refractivity contribution is 5.86. The Morgan fingerprint density at radius 1 is 0.821 bits per heavy atom. The Balaban J connectivity index is 1.36. The minimum absolute atomic E-state index is 0.0911. The molecule has 0 radical (unpaired) electrons.